The molecule has 1 aliphatic heterocycles. The van der Waals surface area contributed by atoms with Crippen molar-refractivity contribution < 1.29 is 18.0 Å². The maximum atomic E-state index is 13.7. The van der Waals surface area contributed by atoms with Gasteiger partial charge in [-0.05, 0) is 77.2 Å². The number of carbonyl (C=O) groups excluding carboxylic acids is 1. The Kier molecular flexibility index (Phi) is 8.85. The van der Waals surface area contributed by atoms with Crippen LogP contribution in [0.1, 0.15) is 64.5 Å². The molecule has 2 aliphatic carbocycles. The van der Waals surface area contributed by atoms with Crippen LogP contribution in [0.25, 0.3) is 16.3 Å². The number of rotatable bonds is 7. The van der Waals surface area contributed by atoms with Crippen molar-refractivity contribution in [2.24, 2.45) is 5.92 Å². The largest absolute Gasteiger partial charge is 0.417 e. The van der Waals surface area contributed by atoms with Gasteiger partial charge in [-0.2, -0.15) is 13.2 Å². The number of anilines is 2. The summed E-state index contributed by atoms with van der Waals surface area (Å²) in [4.78, 5) is 18.8. The minimum atomic E-state index is -4.58. The first-order valence-electron chi connectivity index (χ1n) is 13.9. The number of pyridine rings is 1. The third kappa shape index (κ3) is 6.79. The third-order valence-corrected chi connectivity index (χ3v) is 7.66. The van der Waals surface area contributed by atoms with Crippen molar-refractivity contribution in [2.45, 2.75) is 83.1 Å². The summed E-state index contributed by atoms with van der Waals surface area (Å²) in [5.41, 5.74) is -0.288. The van der Waals surface area contributed by atoms with Crippen molar-refractivity contribution in [2.75, 3.05) is 30.8 Å². The van der Waals surface area contributed by atoms with E-state index in [1.807, 2.05) is 26.0 Å². The number of benzene rings is 1. The molecule has 3 fully saturated rings. The molecule has 9 heteroatoms. The molecule has 2 saturated carbocycles. The number of allylic oxidation sites excluding steroid dienone is 1. The molecule has 2 atom stereocenters. The van der Waals surface area contributed by atoms with Crippen molar-refractivity contribution >= 4 is 33.8 Å². The zero-order valence-corrected chi connectivity index (χ0v) is 22.6. The number of halogens is 3. The molecular formula is C29H40F3N5O. The fourth-order valence-corrected chi connectivity index (χ4v) is 5.33. The Morgan fingerprint density at radius 1 is 0.974 bits per heavy atom. The van der Waals surface area contributed by atoms with E-state index in [-0.39, 0.29) is 35.6 Å². The van der Waals surface area contributed by atoms with Crippen molar-refractivity contribution in [1.82, 2.24) is 15.2 Å². The van der Waals surface area contributed by atoms with Gasteiger partial charge in [0.25, 0.3) is 0 Å². The van der Waals surface area contributed by atoms with Crippen molar-refractivity contribution in [3.63, 3.8) is 0 Å². The Morgan fingerprint density at radius 3 is 2.32 bits per heavy atom. The molecule has 1 aromatic heterocycles. The Morgan fingerprint density at radius 2 is 1.66 bits per heavy atom. The van der Waals surface area contributed by atoms with Gasteiger partial charge in [-0.1, -0.05) is 32.6 Å². The number of carbonyl (C=O) groups is 1. The Balaban J connectivity index is 0.00000164. The number of alkyl halides is 3. The van der Waals surface area contributed by atoms with E-state index in [1.54, 1.807) is 12.1 Å². The minimum Gasteiger partial charge on any atom is -0.382 e. The van der Waals surface area contributed by atoms with Gasteiger partial charge in [-0.25, -0.2) is 4.98 Å². The second-order valence-electron chi connectivity index (χ2n) is 10.6. The average Bonchev–Trinajstić information content (AvgIpc) is 3.66. The molecular weight excluding hydrogens is 491 g/mol. The standard InChI is InChI=1S/C27H34F3N5O.C2H6/c1-16(27(28,29)30)25-21-4-3-5-23(31-18-10-12-35(2)13-11-18)22(21)15-24(34-25)32-19-8-9-20(14-19)33-26(36)17-6-7-17;1-2/h3-5,15,17-20,31H,1,6-14H2,2H3,(H,32,34)(H,33,36);1-2H3. The van der Waals surface area contributed by atoms with Crippen LogP contribution in [0.15, 0.2) is 30.8 Å². The maximum absolute atomic E-state index is 13.7. The number of hydrogen-bond acceptors (Lipinski definition) is 5. The van der Waals surface area contributed by atoms with Gasteiger partial charge in [-0.15, -0.1) is 0 Å². The van der Waals surface area contributed by atoms with Gasteiger partial charge in [0.15, 0.2) is 0 Å². The van der Waals surface area contributed by atoms with Crippen LogP contribution in [-0.4, -0.2) is 60.2 Å². The highest BCUT2D eigenvalue weighted by atomic mass is 19.4. The SMILES string of the molecule is C=C(c1nc(NC2CCC(NC(=O)C3CC3)C2)cc2c(NC3CCN(C)CC3)cccc12)C(F)(F)F.CC. The van der Waals surface area contributed by atoms with Crippen molar-refractivity contribution in [3.05, 3.63) is 36.5 Å². The summed E-state index contributed by atoms with van der Waals surface area (Å²) < 4.78 is 41.2. The Hall–Kier alpha value is -2.81. The second kappa shape index (κ2) is 11.9. The third-order valence-electron chi connectivity index (χ3n) is 7.66. The summed E-state index contributed by atoms with van der Waals surface area (Å²) in [6.07, 6.45) is 1.67. The van der Waals surface area contributed by atoms with E-state index in [0.717, 1.165) is 63.7 Å². The number of hydrogen-bond donors (Lipinski definition) is 3. The minimum absolute atomic E-state index is 0.0282. The lowest BCUT2D eigenvalue weighted by atomic mass is 10.0. The molecule has 5 rings (SSSR count). The molecule has 2 aromatic rings. The number of nitrogens with one attached hydrogen (secondary N) is 3. The van der Waals surface area contributed by atoms with E-state index in [0.29, 0.717) is 16.6 Å². The van der Waals surface area contributed by atoms with Crippen LogP contribution in [0.4, 0.5) is 24.7 Å². The van der Waals surface area contributed by atoms with Crippen LogP contribution in [0.2, 0.25) is 0 Å². The number of aromatic nitrogens is 1. The normalized spacial score (nSPS) is 22.5. The molecule has 2 unspecified atom stereocenters. The predicted octanol–water partition coefficient (Wildman–Crippen LogP) is 6.20. The van der Waals surface area contributed by atoms with E-state index in [1.165, 1.54) is 0 Å². The molecule has 1 saturated heterocycles. The molecule has 3 N–H and O–H groups in total. The Bertz CT molecular complexity index is 1140. The van der Waals surface area contributed by atoms with Gasteiger partial charge < -0.3 is 20.9 Å². The van der Waals surface area contributed by atoms with Crippen LogP contribution in [-0.2, 0) is 4.79 Å². The van der Waals surface area contributed by atoms with Gasteiger partial charge in [0, 0.05) is 40.5 Å². The summed E-state index contributed by atoms with van der Waals surface area (Å²) >= 11 is 0. The topological polar surface area (TPSA) is 69.3 Å². The predicted molar refractivity (Wildman–Crippen MR) is 148 cm³/mol. The maximum Gasteiger partial charge on any atom is 0.417 e. The smallest absolute Gasteiger partial charge is 0.382 e. The zero-order chi connectivity index (χ0) is 27.4. The fourth-order valence-electron chi connectivity index (χ4n) is 5.33. The van der Waals surface area contributed by atoms with Gasteiger partial charge in [0.1, 0.15) is 5.82 Å². The highest BCUT2D eigenvalue weighted by Crippen LogP contribution is 2.38. The van der Waals surface area contributed by atoms with E-state index in [4.69, 9.17) is 0 Å². The van der Waals surface area contributed by atoms with E-state index < -0.39 is 11.7 Å². The highest BCUT2D eigenvalue weighted by Gasteiger charge is 2.36. The van der Waals surface area contributed by atoms with Crippen molar-refractivity contribution in [3.8, 4) is 0 Å². The number of amides is 1. The van der Waals surface area contributed by atoms with E-state index >= 15 is 0 Å². The summed E-state index contributed by atoms with van der Waals surface area (Å²) in [7, 11) is 2.09. The lowest BCUT2D eigenvalue weighted by Crippen LogP contribution is -2.36. The van der Waals surface area contributed by atoms with Gasteiger partial charge in [-0.3, -0.25) is 4.79 Å². The first kappa shape index (κ1) is 28.2. The lowest BCUT2D eigenvalue weighted by molar-refractivity contribution is -0.122. The summed E-state index contributed by atoms with van der Waals surface area (Å²) in [5.74, 6) is 0.683. The lowest BCUT2D eigenvalue weighted by Gasteiger charge is -2.30. The van der Waals surface area contributed by atoms with Crippen LogP contribution >= 0.6 is 0 Å². The number of likely N-dealkylation sites (tertiary alicyclic amines) is 1. The number of piperidine rings is 1. The summed E-state index contributed by atoms with van der Waals surface area (Å²) in [6, 6.07) is 7.58. The molecule has 2 heterocycles. The molecule has 6 nitrogen and oxygen atoms in total. The molecule has 1 aromatic carbocycles. The molecule has 1 amide bonds. The summed E-state index contributed by atoms with van der Waals surface area (Å²) in [6.45, 7) is 9.31. The van der Waals surface area contributed by atoms with Crippen LogP contribution in [0.3, 0.4) is 0 Å². The van der Waals surface area contributed by atoms with Gasteiger partial charge in [0.05, 0.1) is 11.3 Å². The van der Waals surface area contributed by atoms with Crippen LogP contribution < -0.4 is 16.0 Å². The van der Waals surface area contributed by atoms with Crippen molar-refractivity contribution in [1.29, 1.82) is 0 Å². The monoisotopic (exact) mass is 531 g/mol. The molecule has 38 heavy (non-hydrogen) atoms. The van der Waals surface area contributed by atoms with Gasteiger partial charge >= 0.3 is 6.18 Å². The fraction of sp³-hybridized carbons (Fsp3) is 0.586. The van der Waals surface area contributed by atoms with Gasteiger partial charge in [0.2, 0.25) is 5.91 Å². The van der Waals surface area contributed by atoms with Crippen LogP contribution in [0.5, 0.6) is 0 Å². The number of nitrogens with zero attached hydrogens (tertiary/aromatic N) is 2. The molecule has 0 spiro atoms. The Labute approximate surface area is 223 Å². The second-order valence-corrected chi connectivity index (χ2v) is 10.6. The zero-order valence-electron chi connectivity index (χ0n) is 22.6. The van der Waals surface area contributed by atoms with Crippen LogP contribution in [0, 0.1) is 5.92 Å². The first-order chi connectivity index (χ1) is 18.2. The average molecular weight is 532 g/mol. The molecule has 208 valence electrons. The number of fused-ring (bicyclic) bond motifs is 1. The first-order valence-corrected chi connectivity index (χ1v) is 13.9. The summed E-state index contributed by atoms with van der Waals surface area (Å²) in [5, 5.41) is 11.2. The van der Waals surface area contributed by atoms with E-state index in [9.17, 15) is 18.0 Å². The molecule has 0 bridgehead atoms. The van der Waals surface area contributed by atoms with E-state index in [2.05, 4.69) is 39.5 Å². The highest BCUT2D eigenvalue weighted by molar-refractivity contribution is 6.01. The molecule has 0 radical (unpaired) electrons. The quantitative estimate of drug-likeness (QED) is 0.397. The molecule has 3 aliphatic rings.